The zero-order valence-electron chi connectivity index (χ0n) is 13.7. The molecule has 1 aliphatic heterocycles. The summed E-state index contributed by atoms with van der Waals surface area (Å²) >= 11 is 1.72. The van der Waals surface area contributed by atoms with Crippen molar-refractivity contribution in [1.82, 2.24) is 4.90 Å². The van der Waals surface area contributed by atoms with Gasteiger partial charge in [-0.2, -0.15) is 0 Å². The highest BCUT2D eigenvalue weighted by atomic mass is 32.1. The first kappa shape index (κ1) is 16.5. The molecular formula is C18H20N2O3S. The van der Waals surface area contributed by atoms with E-state index in [2.05, 4.69) is 0 Å². The number of thiophene rings is 1. The van der Waals surface area contributed by atoms with Gasteiger partial charge >= 0.3 is 5.97 Å². The number of hydrogen-bond acceptors (Lipinski definition) is 5. The molecule has 24 heavy (non-hydrogen) atoms. The van der Waals surface area contributed by atoms with E-state index < -0.39 is 12.1 Å². The van der Waals surface area contributed by atoms with Crippen molar-refractivity contribution < 1.29 is 14.3 Å². The van der Waals surface area contributed by atoms with Crippen molar-refractivity contribution in [3.05, 3.63) is 51.2 Å². The molecule has 1 aromatic heterocycles. The zero-order valence-corrected chi connectivity index (χ0v) is 14.6. The van der Waals surface area contributed by atoms with Crippen LogP contribution in [0.3, 0.4) is 0 Å². The summed E-state index contributed by atoms with van der Waals surface area (Å²) in [7, 11) is 0. The van der Waals surface area contributed by atoms with Crippen LogP contribution in [0, 0.1) is 6.92 Å². The quantitative estimate of drug-likeness (QED) is 0.686. The largest absolute Gasteiger partial charge is 0.449 e. The molecule has 1 aromatic carbocycles. The summed E-state index contributed by atoms with van der Waals surface area (Å²) in [6, 6.07) is 7.21. The van der Waals surface area contributed by atoms with Gasteiger partial charge in [-0.15, -0.1) is 11.3 Å². The lowest BCUT2D eigenvalue weighted by molar-refractivity contribution is -0.140. The van der Waals surface area contributed by atoms with E-state index in [0.717, 1.165) is 12.0 Å². The molecule has 1 atom stereocenters. The van der Waals surface area contributed by atoms with Crippen molar-refractivity contribution in [3.63, 3.8) is 0 Å². The number of nitrogens with zero attached hydrogens (tertiary/aromatic N) is 1. The van der Waals surface area contributed by atoms with Crippen molar-refractivity contribution in [1.29, 1.82) is 0 Å². The highest BCUT2D eigenvalue weighted by Crippen LogP contribution is 2.25. The minimum atomic E-state index is -0.836. The molecule has 6 heteroatoms. The van der Waals surface area contributed by atoms with Gasteiger partial charge in [-0.25, -0.2) is 4.79 Å². The molecule has 1 aliphatic rings. The number of rotatable bonds is 3. The van der Waals surface area contributed by atoms with Crippen molar-refractivity contribution in [2.45, 2.75) is 32.9 Å². The van der Waals surface area contributed by atoms with Gasteiger partial charge in [-0.1, -0.05) is 11.6 Å². The fourth-order valence-corrected chi connectivity index (χ4v) is 3.70. The third kappa shape index (κ3) is 3.28. The van der Waals surface area contributed by atoms with Crippen molar-refractivity contribution in [2.75, 3.05) is 12.3 Å². The number of aryl methyl sites for hydroxylation is 1. The van der Waals surface area contributed by atoms with Crippen LogP contribution in [0.2, 0.25) is 0 Å². The van der Waals surface area contributed by atoms with Gasteiger partial charge in [0, 0.05) is 23.7 Å². The molecular weight excluding hydrogens is 324 g/mol. The summed E-state index contributed by atoms with van der Waals surface area (Å²) < 4.78 is 5.35. The number of carbonyl (C=O) groups is 2. The monoisotopic (exact) mass is 344 g/mol. The van der Waals surface area contributed by atoms with Crippen molar-refractivity contribution in [3.8, 4) is 0 Å². The highest BCUT2D eigenvalue weighted by molar-refractivity contribution is 7.10. The van der Waals surface area contributed by atoms with Crippen LogP contribution in [0.25, 0.3) is 0 Å². The molecule has 0 saturated carbocycles. The molecule has 1 unspecified atom stereocenters. The summed E-state index contributed by atoms with van der Waals surface area (Å²) in [5.74, 6) is -0.739. The maximum Gasteiger partial charge on any atom is 0.341 e. The topological polar surface area (TPSA) is 72.6 Å². The molecule has 0 aliphatic carbocycles. The third-order valence-electron chi connectivity index (χ3n) is 4.18. The average Bonchev–Trinajstić information content (AvgIpc) is 3.03. The van der Waals surface area contributed by atoms with E-state index in [1.165, 1.54) is 10.4 Å². The van der Waals surface area contributed by atoms with Crippen molar-refractivity contribution in [2.24, 2.45) is 0 Å². The Balaban J connectivity index is 1.66. The Hall–Kier alpha value is -2.34. The molecule has 5 nitrogen and oxygen atoms in total. The minimum Gasteiger partial charge on any atom is -0.449 e. The van der Waals surface area contributed by atoms with Crippen LogP contribution in [0.5, 0.6) is 0 Å². The van der Waals surface area contributed by atoms with Crippen LogP contribution < -0.4 is 5.73 Å². The molecule has 0 bridgehead atoms. The minimum absolute atomic E-state index is 0.175. The van der Waals surface area contributed by atoms with Gasteiger partial charge < -0.3 is 15.4 Å². The number of amides is 1. The fourth-order valence-electron chi connectivity index (χ4n) is 2.82. The van der Waals surface area contributed by atoms with Crippen LogP contribution in [-0.2, 0) is 22.5 Å². The van der Waals surface area contributed by atoms with Gasteiger partial charge in [-0.3, -0.25) is 4.79 Å². The molecule has 0 fully saturated rings. The van der Waals surface area contributed by atoms with Gasteiger partial charge in [0.05, 0.1) is 5.56 Å². The summed E-state index contributed by atoms with van der Waals surface area (Å²) in [4.78, 5) is 27.9. The summed E-state index contributed by atoms with van der Waals surface area (Å²) in [5, 5.41) is 2.04. The molecule has 2 aromatic rings. The first-order valence-corrected chi connectivity index (χ1v) is 8.75. The summed E-state index contributed by atoms with van der Waals surface area (Å²) in [6.45, 7) is 4.71. The number of esters is 1. The first-order chi connectivity index (χ1) is 11.5. The Labute approximate surface area is 145 Å². The Morgan fingerprint density at radius 3 is 2.92 bits per heavy atom. The number of fused-ring (bicyclic) bond motifs is 1. The maximum absolute atomic E-state index is 12.6. The van der Waals surface area contributed by atoms with Gasteiger partial charge in [0.2, 0.25) is 0 Å². The number of nitrogens with two attached hydrogens (primary N) is 1. The van der Waals surface area contributed by atoms with Crippen LogP contribution >= 0.6 is 11.3 Å². The van der Waals surface area contributed by atoms with Crippen LogP contribution in [-0.4, -0.2) is 29.4 Å². The molecule has 3 rings (SSSR count). The van der Waals surface area contributed by atoms with Gasteiger partial charge in [0.15, 0.2) is 6.10 Å². The normalized spacial score (nSPS) is 14.8. The number of hydrogen-bond donors (Lipinski definition) is 1. The lowest BCUT2D eigenvalue weighted by Gasteiger charge is -2.29. The predicted molar refractivity (Wildman–Crippen MR) is 93.9 cm³/mol. The van der Waals surface area contributed by atoms with E-state index in [9.17, 15) is 9.59 Å². The molecule has 126 valence electrons. The van der Waals surface area contributed by atoms with E-state index in [1.807, 2.05) is 24.4 Å². The van der Waals surface area contributed by atoms with E-state index in [1.54, 1.807) is 35.3 Å². The fraction of sp³-hybridized carbons (Fsp3) is 0.333. The van der Waals surface area contributed by atoms with Crippen LogP contribution in [0.1, 0.15) is 33.3 Å². The van der Waals surface area contributed by atoms with Gasteiger partial charge in [0.1, 0.15) is 0 Å². The Kier molecular flexibility index (Phi) is 4.57. The second-order valence-electron chi connectivity index (χ2n) is 6.02. The van der Waals surface area contributed by atoms with E-state index in [4.69, 9.17) is 10.5 Å². The second-order valence-corrected chi connectivity index (χ2v) is 7.02. The maximum atomic E-state index is 12.6. The Morgan fingerprint density at radius 2 is 2.12 bits per heavy atom. The second kappa shape index (κ2) is 6.65. The standard InChI is InChI=1S/C18H20N2O3S/c1-11-3-4-15(19)14(9-11)18(22)23-12(2)17(21)20-7-5-16-13(10-20)6-8-24-16/h3-4,6,8-9,12H,5,7,10,19H2,1-2H3. The van der Waals surface area contributed by atoms with E-state index in [0.29, 0.717) is 24.3 Å². The lowest BCUT2D eigenvalue weighted by Crippen LogP contribution is -2.42. The van der Waals surface area contributed by atoms with E-state index >= 15 is 0 Å². The van der Waals surface area contributed by atoms with Crippen LogP contribution in [0.15, 0.2) is 29.6 Å². The molecule has 0 spiro atoms. The van der Waals surface area contributed by atoms with Gasteiger partial charge in [0.25, 0.3) is 5.91 Å². The molecule has 0 radical (unpaired) electrons. The smallest absolute Gasteiger partial charge is 0.341 e. The van der Waals surface area contributed by atoms with Gasteiger partial charge in [-0.05, 0) is 49.4 Å². The lowest BCUT2D eigenvalue weighted by atomic mass is 10.1. The Bertz CT molecular complexity index is 784. The zero-order chi connectivity index (χ0) is 17.3. The molecule has 2 N–H and O–H groups in total. The van der Waals surface area contributed by atoms with Crippen molar-refractivity contribution >= 4 is 28.9 Å². The third-order valence-corrected chi connectivity index (χ3v) is 5.20. The first-order valence-electron chi connectivity index (χ1n) is 7.87. The van der Waals surface area contributed by atoms with Crippen LogP contribution in [0.4, 0.5) is 5.69 Å². The highest BCUT2D eigenvalue weighted by Gasteiger charge is 2.28. The van der Waals surface area contributed by atoms with E-state index in [-0.39, 0.29) is 5.91 Å². The molecule has 0 saturated heterocycles. The number of anilines is 1. The summed E-state index contributed by atoms with van der Waals surface area (Å²) in [6.07, 6.45) is 0.0159. The average molecular weight is 344 g/mol. The number of nitrogen functional groups attached to an aromatic ring is 1. The molecule has 2 heterocycles. The summed E-state index contributed by atoms with van der Waals surface area (Å²) in [5.41, 5.74) is 8.58. The Morgan fingerprint density at radius 1 is 1.33 bits per heavy atom. The number of ether oxygens (including phenoxy) is 1. The predicted octanol–water partition coefficient (Wildman–Crippen LogP) is 2.77. The number of carbonyl (C=O) groups excluding carboxylic acids is 2. The SMILES string of the molecule is Cc1ccc(N)c(C(=O)OC(C)C(=O)N2CCc3sccc3C2)c1. The molecule has 1 amide bonds. The number of benzene rings is 1.